The Bertz CT molecular complexity index is 415. The number of anilines is 1. The third-order valence-corrected chi connectivity index (χ3v) is 3.43. The quantitative estimate of drug-likeness (QED) is 0.624. The lowest BCUT2D eigenvalue weighted by molar-refractivity contribution is -0.116. The van der Waals surface area contributed by atoms with E-state index in [1.54, 1.807) is 0 Å². The summed E-state index contributed by atoms with van der Waals surface area (Å²) in [6, 6.07) is 8.54. The maximum atomic E-state index is 11.9. The minimum Gasteiger partial charge on any atom is -0.326 e. The molecule has 0 spiro atoms. The molecule has 0 bridgehead atoms. The molecule has 0 aliphatic carbocycles. The van der Waals surface area contributed by atoms with E-state index in [-0.39, 0.29) is 5.91 Å². The van der Waals surface area contributed by atoms with Crippen LogP contribution in [0.15, 0.2) is 24.3 Å². The Hall–Kier alpha value is -1.35. The number of carbonyl (C=O) groups is 1. The number of benzene rings is 1. The van der Waals surface area contributed by atoms with Crippen molar-refractivity contribution in [1.29, 1.82) is 0 Å². The standard InChI is InChI=1S/C18H30N2O/c1-4-5-6-7-8-12-18(21)20-17-11-9-10-16(13-17)14-19-15(2)3/h9-11,13,15,19H,4-8,12,14H2,1-3H3,(H,20,21). The molecular formula is C18H30N2O. The second-order valence-corrected chi connectivity index (χ2v) is 5.95. The number of hydrogen-bond acceptors (Lipinski definition) is 2. The van der Waals surface area contributed by atoms with Gasteiger partial charge >= 0.3 is 0 Å². The number of rotatable bonds is 10. The Balaban J connectivity index is 2.33. The van der Waals surface area contributed by atoms with Crippen LogP contribution in [0.3, 0.4) is 0 Å². The predicted octanol–water partition coefficient (Wildman–Crippen LogP) is 4.48. The van der Waals surface area contributed by atoms with Crippen molar-refractivity contribution in [3.05, 3.63) is 29.8 Å². The maximum absolute atomic E-state index is 11.9. The number of carbonyl (C=O) groups excluding carboxylic acids is 1. The van der Waals surface area contributed by atoms with E-state index in [9.17, 15) is 4.79 Å². The highest BCUT2D eigenvalue weighted by Crippen LogP contribution is 2.12. The van der Waals surface area contributed by atoms with E-state index in [1.807, 2.05) is 18.2 Å². The number of amides is 1. The van der Waals surface area contributed by atoms with E-state index in [4.69, 9.17) is 0 Å². The molecule has 0 atom stereocenters. The van der Waals surface area contributed by atoms with Gasteiger partial charge in [-0.25, -0.2) is 0 Å². The molecule has 0 saturated heterocycles. The lowest BCUT2D eigenvalue weighted by atomic mass is 10.1. The van der Waals surface area contributed by atoms with Crippen LogP contribution in [-0.2, 0) is 11.3 Å². The molecule has 3 heteroatoms. The molecule has 0 saturated carbocycles. The van der Waals surface area contributed by atoms with Gasteiger partial charge in [-0.1, -0.05) is 58.6 Å². The zero-order valence-electron chi connectivity index (χ0n) is 13.7. The summed E-state index contributed by atoms with van der Waals surface area (Å²) in [7, 11) is 0. The highest BCUT2D eigenvalue weighted by atomic mass is 16.1. The van der Waals surface area contributed by atoms with Gasteiger partial charge in [-0.2, -0.15) is 0 Å². The lowest BCUT2D eigenvalue weighted by Crippen LogP contribution is -2.21. The largest absolute Gasteiger partial charge is 0.326 e. The van der Waals surface area contributed by atoms with Crippen molar-refractivity contribution in [2.75, 3.05) is 5.32 Å². The van der Waals surface area contributed by atoms with Crippen LogP contribution in [0.2, 0.25) is 0 Å². The van der Waals surface area contributed by atoms with Crippen LogP contribution in [0.4, 0.5) is 5.69 Å². The molecule has 1 amide bonds. The van der Waals surface area contributed by atoms with Crippen LogP contribution in [-0.4, -0.2) is 11.9 Å². The number of hydrogen-bond donors (Lipinski definition) is 2. The minimum absolute atomic E-state index is 0.125. The summed E-state index contributed by atoms with van der Waals surface area (Å²) in [4.78, 5) is 11.9. The normalized spacial score (nSPS) is 10.9. The topological polar surface area (TPSA) is 41.1 Å². The van der Waals surface area contributed by atoms with Crippen LogP contribution in [0.1, 0.15) is 64.9 Å². The Morgan fingerprint density at radius 1 is 1.14 bits per heavy atom. The molecule has 0 fully saturated rings. The van der Waals surface area contributed by atoms with Crippen LogP contribution >= 0.6 is 0 Å². The molecule has 1 aromatic rings. The fourth-order valence-corrected chi connectivity index (χ4v) is 2.19. The van der Waals surface area contributed by atoms with Gasteiger partial charge in [0.15, 0.2) is 0 Å². The maximum Gasteiger partial charge on any atom is 0.224 e. The molecule has 21 heavy (non-hydrogen) atoms. The van der Waals surface area contributed by atoms with Crippen LogP contribution in [0, 0.1) is 0 Å². The predicted molar refractivity (Wildman–Crippen MR) is 90.4 cm³/mol. The average Bonchev–Trinajstić information content (AvgIpc) is 2.45. The van der Waals surface area contributed by atoms with Gasteiger partial charge < -0.3 is 10.6 Å². The molecule has 3 nitrogen and oxygen atoms in total. The SMILES string of the molecule is CCCCCCCC(=O)Nc1cccc(CNC(C)C)c1. The van der Waals surface area contributed by atoms with Crippen molar-refractivity contribution in [3.63, 3.8) is 0 Å². The molecule has 0 heterocycles. The van der Waals surface area contributed by atoms with Gasteiger partial charge in [0, 0.05) is 24.7 Å². The van der Waals surface area contributed by atoms with E-state index in [0.717, 1.165) is 25.1 Å². The molecule has 0 radical (unpaired) electrons. The van der Waals surface area contributed by atoms with Gasteiger partial charge in [-0.3, -0.25) is 4.79 Å². The summed E-state index contributed by atoms with van der Waals surface area (Å²) in [6.07, 6.45) is 6.51. The van der Waals surface area contributed by atoms with Crippen molar-refractivity contribution < 1.29 is 4.79 Å². The monoisotopic (exact) mass is 290 g/mol. The van der Waals surface area contributed by atoms with E-state index >= 15 is 0 Å². The van der Waals surface area contributed by atoms with Gasteiger partial charge in [0.2, 0.25) is 5.91 Å². The minimum atomic E-state index is 0.125. The van der Waals surface area contributed by atoms with Gasteiger partial charge in [0.1, 0.15) is 0 Å². The second-order valence-electron chi connectivity index (χ2n) is 5.95. The summed E-state index contributed by atoms with van der Waals surface area (Å²) in [6.45, 7) is 7.29. The van der Waals surface area contributed by atoms with Crippen molar-refractivity contribution in [2.45, 2.75) is 71.9 Å². The number of unbranched alkanes of at least 4 members (excludes halogenated alkanes) is 4. The molecule has 0 unspecified atom stereocenters. The first-order valence-electron chi connectivity index (χ1n) is 8.24. The highest BCUT2D eigenvalue weighted by molar-refractivity contribution is 5.90. The fraction of sp³-hybridized carbons (Fsp3) is 0.611. The second kappa shape index (κ2) is 10.4. The molecular weight excluding hydrogens is 260 g/mol. The smallest absolute Gasteiger partial charge is 0.224 e. The van der Waals surface area contributed by atoms with Crippen LogP contribution in [0.5, 0.6) is 0 Å². The zero-order chi connectivity index (χ0) is 15.5. The number of nitrogens with one attached hydrogen (secondary N) is 2. The fourth-order valence-electron chi connectivity index (χ4n) is 2.19. The summed E-state index contributed by atoms with van der Waals surface area (Å²) >= 11 is 0. The highest BCUT2D eigenvalue weighted by Gasteiger charge is 2.03. The summed E-state index contributed by atoms with van der Waals surface area (Å²) in [5.74, 6) is 0.125. The third-order valence-electron chi connectivity index (χ3n) is 3.43. The first-order valence-corrected chi connectivity index (χ1v) is 8.24. The van der Waals surface area contributed by atoms with E-state index in [0.29, 0.717) is 12.5 Å². The first-order chi connectivity index (χ1) is 10.1. The van der Waals surface area contributed by atoms with E-state index < -0.39 is 0 Å². The average molecular weight is 290 g/mol. The summed E-state index contributed by atoms with van der Waals surface area (Å²) in [5, 5.41) is 6.38. The van der Waals surface area contributed by atoms with Crippen molar-refractivity contribution in [2.24, 2.45) is 0 Å². The van der Waals surface area contributed by atoms with Gasteiger partial charge in [-0.05, 0) is 24.1 Å². The Morgan fingerprint density at radius 3 is 2.62 bits per heavy atom. The molecule has 0 aliphatic heterocycles. The van der Waals surface area contributed by atoms with Crippen molar-refractivity contribution in [3.8, 4) is 0 Å². The molecule has 2 N–H and O–H groups in total. The van der Waals surface area contributed by atoms with E-state index in [1.165, 1.54) is 24.8 Å². The molecule has 1 rings (SSSR count). The van der Waals surface area contributed by atoms with Crippen LogP contribution < -0.4 is 10.6 Å². The first kappa shape index (κ1) is 17.7. The van der Waals surface area contributed by atoms with Crippen molar-refractivity contribution in [1.82, 2.24) is 5.32 Å². The third kappa shape index (κ3) is 8.51. The van der Waals surface area contributed by atoms with Gasteiger partial charge in [0.05, 0.1) is 0 Å². The summed E-state index contributed by atoms with van der Waals surface area (Å²) < 4.78 is 0. The lowest BCUT2D eigenvalue weighted by Gasteiger charge is -2.10. The molecule has 1 aromatic carbocycles. The Labute approximate surface area is 129 Å². The van der Waals surface area contributed by atoms with E-state index in [2.05, 4.69) is 37.5 Å². The van der Waals surface area contributed by atoms with Crippen LogP contribution in [0.25, 0.3) is 0 Å². The summed E-state index contributed by atoms with van der Waals surface area (Å²) in [5.41, 5.74) is 2.10. The zero-order valence-corrected chi connectivity index (χ0v) is 13.7. The molecule has 0 aliphatic rings. The molecule has 0 aromatic heterocycles. The van der Waals surface area contributed by atoms with Gasteiger partial charge in [-0.15, -0.1) is 0 Å². The van der Waals surface area contributed by atoms with Gasteiger partial charge in [0.25, 0.3) is 0 Å². The van der Waals surface area contributed by atoms with Crippen molar-refractivity contribution >= 4 is 11.6 Å². The Morgan fingerprint density at radius 2 is 1.90 bits per heavy atom. The molecule has 118 valence electrons. The Kier molecular flexibility index (Phi) is 8.76.